The lowest BCUT2D eigenvalue weighted by atomic mass is 10.1. The summed E-state index contributed by atoms with van der Waals surface area (Å²) in [6, 6.07) is 11.4. The predicted molar refractivity (Wildman–Crippen MR) is 114 cm³/mol. The van der Waals surface area contributed by atoms with Crippen LogP contribution in [0.5, 0.6) is 0 Å². The summed E-state index contributed by atoms with van der Waals surface area (Å²) in [6.45, 7) is 6.52. The summed E-state index contributed by atoms with van der Waals surface area (Å²) in [5, 5.41) is 3.07. The lowest BCUT2D eigenvalue weighted by Gasteiger charge is -2.29. The molecule has 0 saturated heterocycles. The fraction of sp³-hybridized carbons (Fsp3) is 0.391. The number of nitrogens with one attached hydrogen (secondary N) is 1. The zero-order valence-electron chi connectivity index (χ0n) is 17.2. The van der Waals surface area contributed by atoms with Crippen molar-refractivity contribution < 1.29 is 14.0 Å². The van der Waals surface area contributed by atoms with Crippen molar-refractivity contribution in [3.63, 3.8) is 0 Å². The smallest absolute Gasteiger partial charge is 0.242 e. The van der Waals surface area contributed by atoms with Crippen LogP contribution in [0.2, 0.25) is 5.02 Å². The molecule has 0 fully saturated rings. The summed E-state index contributed by atoms with van der Waals surface area (Å²) in [7, 11) is 0. The summed E-state index contributed by atoms with van der Waals surface area (Å²) in [5.41, 5.74) is 2.12. The molecular weight excluding hydrogens is 391 g/mol. The van der Waals surface area contributed by atoms with Crippen LogP contribution < -0.4 is 5.32 Å². The molecule has 2 aromatic carbocycles. The van der Waals surface area contributed by atoms with E-state index in [0.29, 0.717) is 6.54 Å². The molecule has 2 aromatic rings. The van der Waals surface area contributed by atoms with Crippen molar-refractivity contribution in [3.05, 3.63) is 70.0 Å². The first-order valence-corrected chi connectivity index (χ1v) is 10.3. The van der Waals surface area contributed by atoms with Gasteiger partial charge in [0.15, 0.2) is 0 Å². The fourth-order valence-electron chi connectivity index (χ4n) is 3.08. The summed E-state index contributed by atoms with van der Waals surface area (Å²) in [5.74, 6) is -1.10. The van der Waals surface area contributed by atoms with Crippen LogP contribution in [0.3, 0.4) is 0 Å². The van der Waals surface area contributed by atoms with E-state index < -0.39 is 11.9 Å². The minimum Gasteiger partial charge on any atom is -0.354 e. The van der Waals surface area contributed by atoms with Crippen molar-refractivity contribution in [1.29, 1.82) is 0 Å². The average molecular weight is 419 g/mol. The number of carbonyl (C=O) groups is 2. The van der Waals surface area contributed by atoms with Gasteiger partial charge in [0.05, 0.1) is 6.42 Å². The second kappa shape index (κ2) is 11.0. The maximum atomic E-state index is 14.2. The molecule has 0 radical (unpaired) electrons. The Morgan fingerprint density at radius 2 is 1.93 bits per heavy atom. The Morgan fingerprint density at radius 3 is 2.59 bits per heavy atom. The molecule has 0 saturated carbocycles. The molecule has 0 aromatic heterocycles. The SMILES string of the molecule is CCCCNC(=O)[C@@H](C)N(Cc1cccc(C)c1)C(=O)Cc1c(F)cccc1Cl. The predicted octanol–water partition coefficient (Wildman–Crippen LogP) is 4.66. The maximum absolute atomic E-state index is 14.2. The second-order valence-electron chi connectivity index (χ2n) is 7.21. The monoisotopic (exact) mass is 418 g/mol. The topological polar surface area (TPSA) is 49.4 Å². The largest absolute Gasteiger partial charge is 0.354 e. The van der Waals surface area contributed by atoms with Crippen molar-refractivity contribution in [2.45, 2.75) is 52.6 Å². The maximum Gasteiger partial charge on any atom is 0.242 e. The molecule has 6 heteroatoms. The highest BCUT2D eigenvalue weighted by Gasteiger charge is 2.27. The number of carbonyl (C=O) groups excluding carboxylic acids is 2. The van der Waals surface area contributed by atoms with E-state index in [-0.39, 0.29) is 35.4 Å². The summed E-state index contributed by atoms with van der Waals surface area (Å²) >= 11 is 6.10. The Bertz CT molecular complexity index is 836. The van der Waals surface area contributed by atoms with Crippen molar-refractivity contribution in [3.8, 4) is 0 Å². The van der Waals surface area contributed by atoms with Gasteiger partial charge in [-0.3, -0.25) is 9.59 Å². The number of halogens is 2. The normalized spacial score (nSPS) is 11.8. The molecule has 0 heterocycles. The van der Waals surface area contributed by atoms with E-state index in [0.717, 1.165) is 24.0 Å². The first-order chi connectivity index (χ1) is 13.8. The van der Waals surface area contributed by atoms with E-state index in [2.05, 4.69) is 5.32 Å². The van der Waals surface area contributed by atoms with E-state index in [4.69, 9.17) is 11.6 Å². The van der Waals surface area contributed by atoms with Crippen LogP contribution in [0.1, 0.15) is 43.4 Å². The molecule has 0 aliphatic rings. The minimum atomic E-state index is -0.689. The van der Waals surface area contributed by atoms with Crippen LogP contribution in [0, 0.1) is 12.7 Å². The number of hydrogen-bond acceptors (Lipinski definition) is 2. The molecular formula is C23H28ClFN2O2. The molecule has 0 aliphatic heterocycles. The van der Waals surface area contributed by atoms with Gasteiger partial charge in [0.1, 0.15) is 11.9 Å². The molecule has 2 rings (SSSR count). The molecule has 4 nitrogen and oxygen atoms in total. The first kappa shape index (κ1) is 22.9. The van der Waals surface area contributed by atoms with Crippen LogP contribution in [0.25, 0.3) is 0 Å². The van der Waals surface area contributed by atoms with Crippen LogP contribution in [0.15, 0.2) is 42.5 Å². The van der Waals surface area contributed by atoms with Crippen molar-refractivity contribution in [2.24, 2.45) is 0 Å². The summed E-state index contributed by atoms with van der Waals surface area (Å²) in [6.07, 6.45) is 1.63. The van der Waals surface area contributed by atoms with Gasteiger partial charge in [0, 0.05) is 23.7 Å². The zero-order chi connectivity index (χ0) is 21.4. The lowest BCUT2D eigenvalue weighted by Crippen LogP contribution is -2.48. The van der Waals surface area contributed by atoms with Gasteiger partial charge in [-0.15, -0.1) is 0 Å². The minimum absolute atomic E-state index is 0.145. The van der Waals surface area contributed by atoms with Crippen LogP contribution >= 0.6 is 11.6 Å². The van der Waals surface area contributed by atoms with E-state index in [1.54, 1.807) is 13.0 Å². The molecule has 1 atom stereocenters. The molecule has 0 bridgehead atoms. The summed E-state index contributed by atoms with van der Waals surface area (Å²) < 4.78 is 14.2. The van der Waals surface area contributed by atoms with Gasteiger partial charge in [0.2, 0.25) is 11.8 Å². The van der Waals surface area contributed by atoms with Crippen molar-refractivity contribution in [1.82, 2.24) is 10.2 Å². The van der Waals surface area contributed by atoms with Crippen molar-refractivity contribution >= 4 is 23.4 Å². The van der Waals surface area contributed by atoms with E-state index >= 15 is 0 Å². The standard InChI is InChI=1S/C23H28ClFN2O2/c1-4-5-12-26-23(29)17(3)27(15-18-9-6-8-16(2)13-18)22(28)14-19-20(24)10-7-11-21(19)25/h6-11,13,17H,4-5,12,14-15H2,1-3H3,(H,26,29)/t17-/m1/s1. The Kier molecular flexibility index (Phi) is 8.65. The molecule has 0 aliphatic carbocycles. The van der Waals surface area contributed by atoms with Gasteiger partial charge < -0.3 is 10.2 Å². The van der Waals surface area contributed by atoms with Crippen molar-refractivity contribution in [2.75, 3.05) is 6.54 Å². The zero-order valence-corrected chi connectivity index (χ0v) is 17.9. The van der Waals surface area contributed by atoms with Crippen LogP contribution in [-0.4, -0.2) is 29.3 Å². The highest BCUT2D eigenvalue weighted by molar-refractivity contribution is 6.31. The number of benzene rings is 2. The van der Waals surface area contributed by atoms with Gasteiger partial charge in [-0.25, -0.2) is 4.39 Å². The molecule has 0 unspecified atom stereocenters. The third-order valence-corrected chi connectivity index (χ3v) is 5.18. The first-order valence-electron chi connectivity index (χ1n) is 9.89. The molecule has 156 valence electrons. The number of nitrogens with zero attached hydrogens (tertiary/aromatic N) is 1. The second-order valence-corrected chi connectivity index (χ2v) is 7.62. The Balaban J connectivity index is 2.25. The number of unbranched alkanes of at least 4 members (excludes halogenated alkanes) is 1. The van der Waals surface area contributed by atoms with Gasteiger partial charge in [-0.05, 0) is 38.0 Å². The quantitative estimate of drug-likeness (QED) is 0.602. The van der Waals surface area contributed by atoms with E-state index in [1.165, 1.54) is 17.0 Å². The van der Waals surface area contributed by atoms with Gasteiger partial charge in [-0.2, -0.15) is 0 Å². The third-order valence-electron chi connectivity index (χ3n) is 4.82. The molecule has 1 N–H and O–H groups in total. The number of aryl methyl sites for hydroxylation is 1. The number of amides is 2. The highest BCUT2D eigenvalue weighted by atomic mass is 35.5. The molecule has 29 heavy (non-hydrogen) atoms. The van der Waals surface area contributed by atoms with Crippen LogP contribution in [0.4, 0.5) is 4.39 Å². The fourth-order valence-corrected chi connectivity index (χ4v) is 3.31. The Hall–Kier alpha value is -2.40. The van der Waals surface area contributed by atoms with Gasteiger partial charge >= 0.3 is 0 Å². The van der Waals surface area contributed by atoms with E-state index in [1.807, 2.05) is 38.1 Å². The van der Waals surface area contributed by atoms with E-state index in [9.17, 15) is 14.0 Å². The highest BCUT2D eigenvalue weighted by Crippen LogP contribution is 2.21. The number of hydrogen-bond donors (Lipinski definition) is 1. The Morgan fingerprint density at radius 1 is 1.21 bits per heavy atom. The number of rotatable bonds is 9. The van der Waals surface area contributed by atoms with Crippen LogP contribution in [-0.2, 0) is 22.6 Å². The Labute approximate surface area is 177 Å². The summed E-state index contributed by atoms with van der Waals surface area (Å²) in [4.78, 5) is 27.2. The lowest BCUT2D eigenvalue weighted by molar-refractivity contribution is -0.140. The van der Waals surface area contributed by atoms with Gasteiger partial charge in [0.25, 0.3) is 0 Å². The molecule has 0 spiro atoms. The molecule has 2 amide bonds. The third kappa shape index (κ3) is 6.57. The average Bonchev–Trinajstić information content (AvgIpc) is 2.68. The van der Waals surface area contributed by atoms with Gasteiger partial charge in [-0.1, -0.05) is 60.8 Å².